The molecule has 0 saturated heterocycles. The predicted octanol–water partition coefficient (Wildman–Crippen LogP) is 1.53. The Labute approximate surface area is 74.0 Å². The second kappa shape index (κ2) is 5.84. The van der Waals surface area contributed by atoms with Gasteiger partial charge in [0.25, 0.3) is 0 Å². The fourth-order valence-corrected chi connectivity index (χ4v) is 1.22. The quantitative estimate of drug-likeness (QED) is 0.641. The van der Waals surface area contributed by atoms with Gasteiger partial charge in [0.05, 0.1) is 19.1 Å². The summed E-state index contributed by atoms with van der Waals surface area (Å²) in [5.74, 6) is 0. The summed E-state index contributed by atoms with van der Waals surface area (Å²) in [6.45, 7) is 4.52. The van der Waals surface area contributed by atoms with Crippen molar-refractivity contribution in [2.45, 2.75) is 32.7 Å². The van der Waals surface area contributed by atoms with E-state index in [1.165, 1.54) is 31.4 Å². The normalized spacial score (nSPS) is 10.4. The van der Waals surface area contributed by atoms with Gasteiger partial charge in [0.2, 0.25) is 0 Å². The van der Waals surface area contributed by atoms with Crippen LogP contribution in [0.25, 0.3) is 0 Å². The van der Waals surface area contributed by atoms with Crippen LogP contribution in [0.5, 0.6) is 0 Å². The van der Waals surface area contributed by atoms with E-state index < -0.39 is 0 Å². The van der Waals surface area contributed by atoms with E-state index in [9.17, 15) is 0 Å². The van der Waals surface area contributed by atoms with Crippen molar-refractivity contribution in [3.05, 3.63) is 24.2 Å². The summed E-state index contributed by atoms with van der Waals surface area (Å²) < 4.78 is 4.97. The molecule has 0 fully saturated rings. The lowest BCUT2D eigenvalue weighted by atomic mass is 10.2. The van der Waals surface area contributed by atoms with Crippen LogP contribution in [-0.2, 0) is 6.54 Å². The van der Waals surface area contributed by atoms with Gasteiger partial charge in [-0.3, -0.25) is 0 Å². The SMILES string of the molecule is CCCCC[NH2+]Cc1ccoc1. The fraction of sp³-hybridized carbons (Fsp3) is 0.600. The van der Waals surface area contributed by atoms with Gasteiger partial charge in [-0.1, -0.05) is 13.3 Å². The van der Waals surface area contributed by atoms with Gasteiger partial charge in [-0.25, -0.2) is 0 Å². The summed E-state index contributed by atoms with van der Waals surface area (Å²) in [5.41, 5.74) is 1.28. The van der Waals surface area contributed by atoms with Crippen LogP contribution in [0.3, 0.4) is 0 Å². The maximum Gasteiger partial charge on any atom is 0.104 e. The van der Waals surface area contributed by atoms with Crippen LogP contribution in [0.2, 0.25) is 0 Å². The topological polar surface area (TPSA) is 29.8 Å². The number of quaternary nitrogens is 1. The summed E-state index contributed by atoms with van der Waals surface area (Å²) in [6, 6.07) is 2.02. The number of rotatable bonds is 6. The minimum absolute atomic E-state index is 1.06. The van der Waals surface area contributed by atoms with Crippen molar-refractivity contribution in [2.24, 2.45) is 0 Å². The molecule has 2 heteroatoms. The van der Waals surface area contributed by atoms with Crippen LogP contribution in [-0.4, -0.2) is 6.54 Å². The minimum atomic E-state index is 1.06. The molecule has 12 heavy (non-hydrogen) atoms. The lowest BCUT2D eigenvalue weighted by molar-refractivity contribution is -0.671. The predicted molar refractivity (Wildman–Crippen MR) is 48.7 cm³/mol. The second-order valence-corrected chi connectivity index (χ2v) is 3.12. The number of hydrogen-bond acceptors (Lipinski definition) is 1. The molecule has 0 amide bonds. The largest absolute Gasteiger partial charge is 0.472 e. The standard InChI is InChI=1S/C10H17NO/c1-2-3-4-6-11-8-10-5-7-12-9-10/h5,7,9,11H,2-4,6,8H2,1H3/p+1. The zero-order valence-electron chi connectivity index (χ0n) is 7.75. The number of hydrogen-bond donors (Lipinski definition) is 1. The molecular formula is C10H18NO+. The van der Waals surface area contributed by atoms with Crippen molar-refractivity contribution in [2.75, 3.05) is 6.54 Å². The average Bonchev–Trinajstić information content (AvgIpc) is 2.57. The molecule has 0 aliphatic heterocycles. The smallest absolute Gasteiger partial charge is 0.104 e. The highest BCUT2D eigenvalue weighted by Gasteiger charge is 1.95. The van der Waals surface area contributed by atoms with Gasteiger partial charge in [-0.15, -0.1) is 0 Å². The summed E-state index contributed by atoms with van der Waals surface area (Å²) in [4.78, 5) is 0. The molecule has 1 rings (SSSR count). The van der Waals surface area contributed by atoms with E-state index in [-0.39, 0.29) is 0 Å². The minimum Gasteiger partial charge on any atom is -0.472 e. The summed E-state index contributed by atoms with van der Waals surface area (Å²) >= 11 is 0. The third kappa shape index (κ3) is 3.58. The van der Waals surface area contributed by atoms with Crippen molar-refractivity contribution in [3.63, 3.8) is 0 Å². The van der Waals surface area contributed by atoms with Crippen molar-refractivity contribution in [1.82, 2.24) is 0 Å². The maximum atomic E-state index is 4.97. The molecule has 1 aromatic heterocycles. The Morgan fingerprint density at radius 2 is 2.33 bits per heavy atom. The Morgan fingerprint density at radius 3 is 3.00 bits per heavy atom. The first-order chi connectivity index (χ1) is 5.93. The van der Waals surface area contributed by atoms with Crippen LogP contribution in [0.4, 0.5) is 0 Å². The molecular weight excluding hydrogens is 150 g/mol. The average molecular weight is 168 g/mol. The number of nitrogens with two attached hydrogens (primary N) is 1. The molecule has 0 bridgehead atoms. The van der Waals surface area contributed by atoms with Crippen molar-refractivity contribution < 1.29 is 9.73 Å². The first-order valence-electron chi connectivity index (χ1n) is 4.76. The Morgan fingerprint density at radius 1 is 1.42 bits per heavy atom. The van der Waals surface area contributed by atoms with Gasteiger partial charge < -0.3 is 9.73 Å². The molecule has 0 spiro atoms. The third-order valence-electron chi connectivity index (χ3n) is 1.97. The lowest BCUT2D eigenvalue weighted by Gasteiger charge is -1.97. The molecule has 1 aromatic rings. The highest BCUT2D eigenvalue weighted by Crippen LogP contribution is 1.95. The van der Waals surface area contributed by atoms with Crippen molar-refractivity contribution in [3.8, 4) is 0 Å². The molecule has 0 aliphatic rings. The Bertz CT molecular complexity index is 182. The molecule has 0 aliphatic carbocycles. The summed E-state index contributed by atoms with van der Waals surface area (Å²) in [6.07, 6.45) is 7.53. The highest BCUT2D eigenvalue weighted by atomic mass is 16.3. The third-order valence-corrected chi connectivity index (χ3v) is 1.97. The first-order valence-corrected chi connectivity index (χ1v) is 4.76. The maximum absolute atomic E-state index is 4.97. The molecule has 68 valence electrons. The molecule has 0 saturated carbocycles. The van der Waals surface area contributed by atoms with Crippen LogP contribution in [0, 0.1) is 0 Å². The van der Waals surface area contributed by atoms with Crippen molar-refractivity contribution >= 4 is 0 Å². The number of unbranched alkanes of at least 4 members (excludes halogenated alkanes) is 2. The van der Waals surface area contributed by atoms with Crippen LogP contribution in [0.15, 0.2) is 23.0 Å². The van der Waals surface area contributed by atoms with E-state index in [4.69, 9.17) is 4.42 Å². The van der Waals surface area contributed by atoms with E-state index in [1.807, 2.05) is 12.3 Å². The van der Waals surface area contributed by atoms with E-state index in [0.717, 1.165) is 6.54 Å². The van der Waals surface area contributed by atoms with Crippen LogP contribution in [0.1, 0.15) is 31.7 Å². The zero-order valence-corrected chi connectivity index (χ0v) is 7.75. The van der Waals surface area contributed by atoms with Gasteiger partial charge >= 0.3 is 0 Å². The molecule has 1 heterocycles. The van der Waals surface area contributed by atoms with Gasteiger partial charge in [0.1, 0.15) is 6.54 Å². The summed E-state index contributed by atoms with van der Waals surface area (Å²) in [7, 11) is 0. The lowest BCUT2D eigenvalue weighted by Crippen LogP contribution is -2.82. The Balaban J connectivity index is 1.96. The number of furan rings is 1. The molecule has 0 aromatic carbocycles. The van der Waals surface area contributed by atoms with Gasteiger partial charge in [0.15, 0.2) is 0 Å². The second-order valence-electron chi connectivity index (χ2n) is 3.12. The van der Waals surface area contributed by atoms with Gasteiger partial charge in [-0.2, -0.15) is 0 Å². The van der Waals surface area contributed by atoms with E-state index in [0.29, 0.717) is 0 Å². The Kier molecular flexibility index (Phi) is 4.54. The zero-order chi connectivity index (χ0) is 8.65. The van der Waals surface area contributed by atoms with E-state index >= 15 is 0 Å². The molecule has 0 atom stereocenters. The van der Waals surface area contributed by atoms with E-state index in [2.05, 4.69) is 12.2 Å². The first kappa shape index (κ1) is 9.33. The van der Waals surface area contributed by atoms with Crippen molar-refractivity contribution in [1.29, 1.82) is 0 Å². The van der Waals surface area contributed by atoms with Crippen LogP contribution < -0.4 is 5.32 Å². The monoisotopic (exact) mass is 168 g/mol. The molecule has 0 unspecified atom stereocenters. The van der Waals surface area contributed by atoms with Gasteiger partial charge in [0, 0.05) is 5.56 Å². The summed E-state index contributed by atoms with van der Waals surface area (Å²) in [5, 5.41) is 2.33. The van der Waals surface area contributed by atoms with Gasteiger partial charge in [-0.05, 0) is 18.9 Å². The molecule has 2 nitrogen and oxygen atoms in total. The highest BCUT2D eigenvalue weighted by molar-refractivity contribution is 5.02. The van der Waals surface area contributed by atoms with Crippen LogP contribution >= 0.6 is 0 Å². The Hall–Kier alpha value is -0.760. The fourth-order valence-electron chi connectivity index (χ4n) is 1.22. The van der Waals surface area contributed by atoms with E-state index in [1.54, 1.807) is 6.26 Å². The molecule has 2 N–H and O–H groups in total. The molecule has 0 radical (unpaired) electrons.